The average molecular weight is 303 g/mol. The number of nitro groups is 1. The molecule has 0 saturated carbocycles. The molecule has 1 aromatic carbocycles. The SMILES string of the molecule is CCOC(=O)CCCN1N=CC=Cc2cc([N+](=O)[O-])ccc21. The quantitative estimate of drug-likeness (QED) is 0.458. The largest absolute Gasteiger partial charge is 0.466 e. The zero-order valence-electron chi connectivity index (χ0n) is 12.3. The lowest BCUT2D eigenvalue weighted by Gasteiger charge is -2.19. The molecular formula is C15H17N3O4. The van der Waals surface area contributed by atoms with Crippen molar-refractivity contribution in [2.24, 2.45) is 5.10 Å². The molecule has 0 aliphatic carbocycles. The number of hydrogen-bond acceptors (Lipinski definition) is 6. The lowest BCUT2D eigenvalue weighted by atomic mass is 10.1. The first-order valence-electron chi connectivity index (χ1n) is 7.04. The second-order valence-electron chi connectivity index (χ2n) is 4.66. The van der Waals surface area contributed by atoms with E-state index in [-0.39, 0.29) is 11.7 Å². The number of nitrogens with zero attached hydrogens (tertiary/aromatic N) is 3. The first kappa shape index (κ1) is 15.7. The van der Waals surface area contributed by atoms with Gasteiger partial charge in [-0.25, -0.2) is 0 Å². The number of benzene rings is 1. The van der Waals surface area contributed by atoms with E-state index in [4.69, 9.17) is 4.74 Å². The number of hydrazone groups is 1. The van der Waals surface area contributed by atoms with Crippen LogP contribution in [-0.2, 0) is 9.53 Å². The smallest absolute Gasteiger partial charge is 0.305 e. The van der Waals surface area contributed by atoms with Crippen molar-refractivity contribution in [2.75, 3.05) is 18.2 Å². The zero-order chi connectivity index (χ0) is 15.9. The van der Waals surface area contributed by atoms with Crippen LogP contribution in [-0.4, -0.2) is 30.3 Å². The Hall–Kier alpha value is -2.70. The molecule has 0 spiro atoms. The van der Waals surface area contributed by atoms with Crippen LogP contribution in [0.15, 0.2) is 29.4 Å². The van der Waals surface area contributed by atoms with Crippen LogP contribution in [0.2, 0.25) is 0 Å². The van der Waals surface area contributed by atoms with Crippen LogP contribution in [0.5, 0.6) is 0 Å². The number of allylic oxidation sites excluding steroid dienone is 1. The summed E-state index contributed by atoms with van der Waals surface area (Å²) in [6.07, 6.45) is 6.03. The van der Waals surface area contributed by atoms with E-state index < -0.39 is 4.92 Å². The van der Waals surface area contributed by atoms with Crippen molar-refractivity contribution in [1.29, 1.82) is 0 Å². The third kappa shape index (κ3) is 3.91. The first-order valence-corrected chi connectivity index (χ1v) is 7.04. The molecule has 1 aromatic rings. The number of ether oxygens (including phenoxy) is 1. The summed E-state index contributed by atoms with van der Waals surface area (Å²) < 4.78 is 4.88. The standard InChI is InChI=1S/C15H17N3O4/c1-2-22-15(19)6-4-10-17-14-8-7-13(18(20)21)11-12(14)5-3-9-16-17/h3,5,7-9,11H,2,4,6,10H2,1H3. The van der Waals surface area contributed by atoms with Gasteiger partial charge in [-0.3, -0.25) is 19.9 Å². The molecule has 0 aromatic heterocycles. The van der Waals surface area contributed by atoms with Gasteiger partial charge in [-0.1, -0.05) is 6.08 Å². The second-order valence-corrected chi connectivity index (χ2v) is 4.66. The minimum absolute atomic E-state index is 0.0387. The number of carbonyl (C=O) groups excluding carboxylic acids is 1. The van der Waals surface area contributed by atoms with Crippen molar-refractivity contribution in [3.8, 4) is 0 Å². The topological polar surface area (TPSA) is 85.0 Å². The number of anilines is 1. The monoisotopic (exact) mass is 303 g/mol. The number of fused-ring (bicyclic) bond motifs is 1. The highest BCUT2D eigenvalue weighted by Gasteiger charge is 2.15. The molecule has 2 rings (SSSR count). The van der Waals surface area contributed by atoms with Gasteiger partial charge in [0.25, 0.3) is 5.69 Å². The molecule has 0 fully saturated rings. The van der Waals surface area contributed by atoms with Gasteiger partial charge in [0.05, 0.1) is 17.2 Å². The van der Waals surface area contributed by atoms with Crippen molar-refractivity contribution in [2.45, 2.75) is 19.8 Å². The summed E-state index contributed by atoms with van der Waals surface area (Å²) in [7, 11) is 0. The van der Waals surface area contributed by atoms with Crippen molar-refractivity contribution in [1.82, 2.24) is 0 Å². The molecule has 0 radical (unpaired) electrons. The van der Waals surface area contributed by atoms with E-state index in [9.17, 15) is 14.9 Å². The fraction of sp³-hybridized carbons (Fsp3) is 0.333. The van der Waals surface area contributed by atoms with Crippen LogP contribution in [0.3, 0.4) is 0 Å². The fourth-order valence-electron chi connectivity index (χ4n) is 2.14. The summed E-state index contributed by atoms with van der Waals surface area (Å²) in [5.41, 5.74) is 1.54. The van der Waals surface area contributed by atoms with E-state index in [1.807, 2.05) is 0 Å². The Kier molecular flexibility index (Phi) is 5.24. The van der Waals surface area contributed by atoms with Gasteiger partial charge in [0, 0.05) is 36.9 Å². The predicted molar refractivity (Wildman–Crippen MR) is 83.8 cm³/mol. The van der Waals surface area contributed by atoms with Crippen molar-refractivity contribution in [3.63, 3.8) is 0 Å². The van der Waals surface area contributed by atoms with Crippen LogP contribution >= 0.6 is 0 Å². The fourth-order valence-corrected chi connectivity index (χ4v) is 2.14. The maximum absolute atomic E-state index is 11.4. The summed E-state index contributed by atoms with van der Waals surface area (Å²) in [5.74, 6) is -0.233. The van der Waals surface area contributed by atoms with E-state index in [0.29, 0.717) is 26.0 Å². The molecule has 0 bridgehead atoms. The second kappa shape index (κ2) is 7.35. The van der Waals surface area contributed by atoms with Crippen molar-refractivity contribution in [3.05, 3.63) is 40.0 Å². The zero-order valence-corrected chi connectivity index (χ0v) is 12.3. The molecule has 0 unspecified atom stereocenters. The minimum Gasteiger partial charge on any atom is -0.466 e. The van der Waals surface area contributed by atoms with Gasteiger partial charge in [0.15, 0.2) is 0 Å². The predicted octanol–water partition coefficient (Wildman–Crippen LogP) is 2.76. The lowest BCUT2D eigenvalue weighted by Crippen LogP contribution is -2.19. The molecule has 1 aliphatic rings. The van der Waals surface area contributed by atoms with Crippen LogP contribution in [0.4, 0.5) is 11.4 Å². The first-order chi connectivity index (χ1) is 10.6. The highest BCUT2D eigenvalue weighted by atomic mass is 16.6. The molecule has 1 heterocycles. The summed E-state index contributed by atoms with van der Waals surface area (Å²) in [4.78, 5) is 21.8. The Bertz CT molecular complexity index is 625. The summed E-state index contributed by atoms with van der Waals surface area (Å²) >= 11 is 0. The number of esters is 1. The van der Waals surface area contributed by atoms with Crippen LogP contribution in [0.25, 0.3) is 6.08 Å². The highest BCUT2D eigenvalue weighted by molar-refractivity contribution is 5.85. The Morgan fingerprint density at radius 2 is 2.27 bits per heavy atom. The Labute approximate surface area is 128 Å². The molecule has 7 nitrogen and oxygen atoms in total. The molecule has 1 aliphatic heterocycles. The van der Waals surface area contributed by atoms with Crippen LogP contribution < -0.4 is 5.01 Å². The van der Waals surface area contributed by atoms with Gasteiger partial charge in [-0.15, -0.1) is 0 Å². The van der Waals surface area contributed by atoms with Crippen LogP contribution in [0, 0.1) is 10.1 Å². The van der Waals surface area contributed by atoms with E-state index in [2.05, 4.69) is 5.10 Å². The van der Waals surface area contributed by atoms with E-state index in [0.717, 1.165) is 11.3 Å². The molecule has 22 heavy (non-hydrogen) atoms. The van der Waals surface area contributed by atoms with Crippen molar-refractivity contribution < 1.29 is 14.5 Å². The van der Waals surface area contributed by atoms with E-state index in [1.54, 1.807) is 36.4 Å². The summed E-state index contributed by atoms with van der Waals surface area (Å²) in [5, 5.41) is 16.9. The number of carbonyl (C=O) groups is 1. The molecule has 116 valence electrons. The molecule has 0 atom stereocenters. The molecular weight excluding hydrogens is 286 g/mol. The van der Waals surface area contributed by atoms with Gasteiger partial charge in [-0.05, 0) is 25.5 Å². The number of non-ortho nitro benzene ring substituents is 1. The summed E-state index contributed by atoms with van der Waals surface area (Å²) in [6.45, 7) is 2.67. The third-order valence-electron chi connectivity index (χ3n) is 3.12. The maximum Gasteiger partial charge on any atom is 0.305 e. The Balaban J connectivity index is 2.08. The molecule has 0 N–H and O–H groups in total. The highest BCUT2D eigenvalue weighted by Crippen LogP contribution is 2.28. The van der Waals surface area contributed by atoms with Gasteiger partial charge >= 0.3 is 5.97 Å². The normalized spacial score (nSPS) is 12.7. The minimum atomic E-state index is -0.426. The van der Waals surface area contributed by atoms with Crippen LogP contribution in [0.1, 0.15) is 25.3 Å². The number of rotatable bonds is 6. The average Bonchev–Trinajstić information content (AvgIpc) is 2.69. The number of nitro benzene ring substituents is 1. The third-order valence-corrected chi connectivity index (χ3v) is 3.12. The van der Waals surface area contributed by atoms with Gasteiger partial charge in [0.2, 0.25) is 0 Å². The summed E-state index contributed by atoms with van der Waals surface area (Å²) in [6, 6.07) is 4.63. The van der Waals surface area contributed by atoms with Gasteiger partial charge < -0.3 is 4.74 Å². The lowest BCUT2D eigenvalue weighted by molar-refractivity contribution is -0.384. The number of hydrogen-bond donors (Lipinski definition) is 0. The molecule has 0 amide bonds. The van der Waals surface area contributed by atoms with E-state index >= 15 is 0 Å². The molecule has 7 heteroatoms. The van der Waals surface area contributed by atoms with Gasteiger partial charge in [0.1, 0.15) is 0 Å². The maximum atomic E-state index is 11.4. The Morgan fingerprint density at radius 3 is 3.00 bits per heavy atom. The Morgan fingerprint density at radius 1 is 1.45 bits per heavy atom. The van der Waals surface area contributed by atoms with E-state index in [1.165, 1.54) is 12.1 Å². The van der Waals surface area contributed by atoms with Gasteiger partial charge in [-0.2, -0.15) is 5.10 Å². The molecule has 0 saturated heterocycles. The van der Waals surface area contributed by atoms with Crippen molar-refractivity contribution >= 4 is 29.6 Å².